The number of fused-ring (bicyclic) bond motifs is 1. The number of hydrazone groups is 1. The van der Waals surface area contributed by atoms with Gasteiger partial charge in [-0.3, -0.25) is 4.79 Å². The molecule has 0 unspecified atom stereocenters. The summed E-state index contributed by atoms with van der Waals surface area (Å²) in [6.07, 6.45) is 1.79. The summed E-state index contributed by atoms with van der Waals surface area (Å²) in [5, 5.41) is 5.08. The number of amides is 1. The fourth-order valence-corrected chi connectivity index (χ4v) is 2.46. The fraction of sp³-hybridized carbons (Fsp3) is 0.111. The monoisotopic (exact) mass is 309 g/mol. The third-order valence-electron chi connectivity index (χ3n) is 3.60. The molecular formula is C18H16FN3O. The van der Waals surface area contributed by atoms with Gasteiger partial charge in [0.25, 0.3) is 0 Å². The highest BCUT2D eigenvalue weighted by atomic mass is 19.1. The van der Waals surface area contributed by atoms with Crippen LogP contribution in [0.25, 0.3) is 10.9 Å². The van der Waals surface area contributed by atoms with Crippen molar-refractivity contribution in [1.82, 2.24) is 10.4 Å². The molecule has 1 amide bonds. The molecule has 23 heavy (non-hydrogen) atoms. The van der Waals surface area contributed by atoms with Gasteiger partial charge in [-0.2, -0.15) is 5.10 Å². The van der Waals surface area contributed by atoms with Gasteiger partial charge in [0.05, 0.1) is 12.6 Å². The van der Waals surface area contributed by atoms with Crippen LogP contribution in [0.4, 0.5) is 4.39 Å². The van der Waals surface area contributed by atoms with Crippen molar-refractivity contribution in [3.8, 4) is 0 Å². The molecule has 0 spiro atoms. The first kappa shape index (κ1) is 15.0. The second-order valence-electron chi connectivity index (χ2n) is 5.31. The van der Waals surface area contributed by atoms with E-state index in [4.69, 9.17) is 0 Å². The molecule has 1 aromatic heterocycles. The molecular weight excluding hydrogens is 293 g/mol. The maximum atomic E-state index is 12.8. The van der Waals surface area contributed by atoms with Crippen molar-refractivity contribution < 1.29 is 9.18 Å². The van der Waals surface area contributed by atoms with Gasteiger partial charge in [-0.1, -0.05) is 30.3 Å². The Kier molecular flexibility index (Phi) is 4.19. The van der Waals surface area contributed by atoms with Crippen molar-refractivity contribution in [3.63, 3.8) is 0 Å². The number of rotatable bonds is 4. The maximum Gasteiger partial charge on any atom is 0.244 e. The molecule has 3 rings (SSSR count). The van der Waals surface area contributed by atoms with E-state index in [9.17, 15) is 9.18 Å². The summed E-state index contributed by atoms with van der Waals surface area (Å²) < 4.78 is 12.8. The lowest BCUT2D eigenvalue weighted by molar-refractivity contribution is -0.120. The lowest BCUT2D eigenvalue weighted by Crippen LogP contribution is -2.19. The Hall–Kier alpha value is -2.95. The molecule has 0 saturated carbocycles. The van der Waals surface area contributed by atoms with Crippen LogP contribution in [0.1, 0.15) is 16.8 Å². The van der Waals surface area contributed by atoms with Crippen molar-refractivity contribution in [3.05, 3.63) is 71.2 Å². The molecule has 4 nitrogen and oxygen atoms in total. The molecule has 0 atom stereocenters. The van der Waals surface area contributed by atoms with E-state index in [2.05, 4.69) is 15.5 Å². The molecule has 0 radical (unpaired) electrons. The van der Waals surface area contributed by atoms with Gasteiger partial charge < -0.3 is 4.98 Å². The summed E-state index contributed by atoms with van der Waals surface area (Å²) in [5.41, 5.74) is 6.20. The van der Waals surface area contributed by atoms with Crippen molar-refractivity contribution >= 4 is 23.0 Å². The second-order valence-corrected chi connectivity index (χ2v) is 5.31. The number of nitrogens with zero attached hydrogens (tertiary/aromatic N) is 1. The minimum atomic E-state index is -0.318. The van der Waals surface area contributed by atoms with Gasteiger partial charge >= 0.3 is 0 Å². The molecule has 0 aliphatic heterocycles. The number of nitrogens with one attached hydrogen (secondary N) is 2. The van der Waals surface area contributed by atoms with Crippen LogP contribution in [-0.2, 0) is 11.2 Å². The molecule has 0 aliphatic carbocycles. The van der Waals surface area contributed by atoms with E-state index in [1.165, 1.54) is 12.1 Å². The first-order valence-corrected chi connectivity index (χ1v) is 7.27. The molecule has 0 fully saturated rings. The van der Waals surface area contributed by atoms with Crippen LogP contribution in [0, 0.1) is 12.7 Å². The molecule has 2 aromatic carbocycles. The average molecular weight is 309 g/mol. The van der Waals surface area contributed by atoms with E-state index in [1.807, 2.05) is 31.2 Å². The molecule has 3 aromatic rings. The van der Waals surface area contributed by atoms with Crippen LogP contribution in [-0.4, -0.2) is 17.1 Å². The van der Waals surface area contributed by atoms with E-state index in [0.29, 0.717) is 0 Å². The summed E-state index contributed by atoms with van der Waals surface area (Å²) in [6.45, 7) is 1.96. The first-order valence-electron chi connectivity index (χ1n) is 7.27. The summed E-state index contributed by atoms with van der Waals surface area (Å²) in [4.78, 5) is 15.1. The Bertz CT molecular complexity index is 866. The Balaban J connectivity index is 1.67. The Morgan fingerprint density at radius 1 is 1.22 bits per heavy atom. The van der Waals surface area contributed by atoms with Gasteiger partial charge in [0, 0.05) is 22.2 Å². The number of aromatic amines is 1. The average Bonchev–Trinajstić information content (AvgIpc) is 2.86. The highest BCUT2D eigenvalue weighted by Crippen LogP contribution is 2.19. The number of aryl methyl sites for hydroxylation is 1. The van der Waals surface area contributed by atoms with Crippen LogP contribution in [0.15, 0.2) is 53.6 Å². The molecule has 116 valence electrons. The van der Waals surface area contributed by atoms with Crippen LogP contribution in [0.2, 0.25) is 0 Å². The Labute approximate surface area is 133 Å². The Morgan fingerprint density at radius 2 is 1.96 bits per heavy atom. The van der Waals surface area contributed by atoms with E-state index in [-0.39, 0.29) is 18.1 Å². The quantitative estimate of drug-likeness (QED) is 0.564. The smallest absolute Gasteiger partial charge is 0.244 e. The molecule has 0 saturated heterocycles. The number of aromatic nitrogens is 1. The number of H-pyrrole nitrogens is 1. The molecule has 0 aliphatic rings. The number of para-hydroxylation sites is 1. The maximum absolute atomic E-state index is 12.8. The Morgan fingerprint density at radius 3 is 2.74 bits per heavy atom. The summed E-state index contributed by atoms with van der Waals surface area (Å²) in [7, 11) is 0. The van der Waals surface area contributed by atoms with Crippen molar-refractivity contribution in [2.45, 2.75) is 13.3 Å². The number of benzene rings is 2. The first-order chi connectivity index (χ1) is 11.1. The van der Waals surface area contributed by atoms with Gasteiger partial charge in [-0.15, -0.1) is 0 Å². The normalized spacial score (nSPS) is 11.2. The summed E-state index contributed by atoms with van der Waals surface area (Å²) in [5.74, 6) is -0.563. The minimum absolute atomic E-state index is 0.157. The van der Waals surface area contributed by atoms with Crippen LogP contribution in [0.5, 0.6) is 0 Å². The number of hydrogen-bond donors (Lipinski definition) is 2. The van der Waals surface area contributed by atoms with E-state index in [0.717, 1.165) is 27.7 Å². The number of carbonyl (C=O) groups is 1. The lowest BCUT2D eigenvalue weighted by atomic mass is 10.1. The van der Waals surface area contributed by atoms with Gasteiger partial charge in [0.15, 0.2) is 0 Å². The predicted octanol–water partition coefficient (Wildman–Crippen LogP) is 3.31. The standard InChI is InChI=1S/C18H16FN3O/c1-12-16(15-4-2-3-5-17(15)21-12)11-20-22-18(23)10-13-6-8-14(19)9-7-13/h2-9,11,21H,10H2,1H3,(H,22,23)/b20-11-. The number of halogens is 1. The third-order valence-corrected chi connectivity index (χ3v) is 3.60. The summed E-state index contributed by atoms with van der Waals surface area (Å²) in [6, 6.07) is 13.8. The molecule has 0 bridgehead atoms. The second kappa shape index (κ2) is 6.44. The SMILES string of the molecule is Cc1[nH]c2ccccc2c1/C=N\NC(=O)Cc1ccc(F)cc1. The van der Waals surface area contributed by atoms with Crippen LogP contribution >= 0.6 is 0 Å². The van der Waals surface area contributed by atoms with Crippen molar-refractivity contribution in [1.29, 1.82) is 0 Å². The van der Waals surface area contributed by atoms with Crippen LogP contribution in [0.3, 0.4) is 0 Å². The number of hydrogen-bond acceptors (Lipinski definition) is 2. The predicted molar refractivity (Wildman–Crippen MR) is 88.9 cm³/mol. The minimum Gasteiger partial charge on any atom is -0.358 e. The van der Waals surface area contributed by atoms with E-state index < -0.39 is 0 Å². The van der Waals surface area contributed by atoms with E-state index in [1.54, 1.807) is 18.3 Å². The van der Waals surface area contributed by atoms with E-state index >= 15 is 0 Å². The molecule has 5 heteroatoms. The highest BCUT2D eigenvalue weighted by molar-refractivity contribution is 6.00. The zero-order chi connectivity index (χ0) is 16.2. The van der Waals surface area contributed by atoms with Gasteiger partial charge in [-0.25, -0.2) is 9.82 Å². The molecule has 2 N–H and O–H groups in total. The van der Waals surface area contributed by atoms with Gasteiger partial charge in [-0.05, 0) is 30.7 Å². The number of carbonyl (C=O) groups excluding carboxylic acids is 1. The zero-order valence-corrected chi connectivity index (χ0v) is 12.6. The third kappa shape index (κ3) is 3.45. The molecule has 1 heterocycles. The largest absolute Gasteiger partial charge is 0.358 e. The van der Waals surface area contributed by atoms with Gasteiger partial charge in [0.1, 0.15) is 5.82 Å². The fourth-order valence-electron chi connectivity index (χ4n) is 2.46. The van der Waals surface area contributed by atoms with Gasteiger partial charge in [0.2, 0.25) is 5.91 Å². The highest BCUT2D eigenvalue weighted by Gasteiger charge is 2.06. The van der Waals surface area contributed by atoms with Crippen molar-refractivity contribution in [2.75, 3.05) is 0 Å². The summed E-state index contributed by atoms with van der Waals surface area (Å²) >= 11 is 0. The van der Waals surface area contributed by atoms with Crippen LogP contribution < -0.4 is 5.43 Å². The van der Waals surface area contributed by atoms with Crippen molar-refractivity contribution in [2.24, 2.45) is 5.10 Å². The lowest BCUT2D eigenvalue weighted by Gasteiger charge is -2.00. The zero-order valence-electron chi connectivity index (χ0n) is 12.6. The topological polar surface area (TPSA) is 57.2 Å².